The molecule has 1 N–H and O–H groups in total. The van der Waals surface area contributed by atoms with Gasteiger partial charge >= 0.3 is 0 Å². The van der Waals surface area contributed by atoms with E-state index in [0.717, 1.165) is 0 Å². The van der Waals surface area contributed by atoms with Crippen molar-refractivity contribution in [1.29, 1.82) is 0 Å². The van der Waals surface area contributed by atoms with Crippen LogP contribution >= 0.6 is 0 Å². The Balaban J connectivity index is 0. The summed E-state index contributed by atoms with van der Waals surface area (Å²) in [5, 5.41) is 2.75. The van der Waals surface area contributed by atoms with E-state index in [9.17, 15) is 4.79 Å². The highest BCUT2D eigenvalue weighted by molar-refractivity contribution is 5.77. The smallest absolute Gasteiger partial charge is 0.132 e. The maximum Gasteiger partial charge on any atom is 0.132 e. The molecule has 0 atom stereocenters. The van der Waals surface area contributed by atoms with Gasteiger partial charge < -0.3 is 5.32 Å². The highest BCUT2D eigenvalue weighted by Gasteiger charge is 1.94. The fourth-order valence-electron chi connectivity index (χ4n) is 0. The molecule has 0 saturated carbocycles. The first-order valence-corrected chi connectivity index (χ1v) is 3.15. The van der Waals surface area contributed by atoms with Gasteiger partial charge in [-0.25, -0.2) is 0 Å². The number of Topliss-reactive ketones (excluding diaryl/α,β-unsaturated/α-hetero) is 1. The van der Waals surface area contributed by atoms with Crippen LogP contribution in [0.15, 0.2) is 0 Å². The lowest BCUT2D eigenvalue weighted by atomic mass is 10.1. The zero-order chi connectivity index (χ0) is 7.86. The van der Waals surface area contributed by atoms with Gasteiger partial charge in [-0.2, -0.15) is 0 Å². The van der Waals surface area contributed by atoms with Gasteiger partial charge in [0.2, 0.25) is 0 Å². The second-order valence-corrected chi connectivity index (χ2v) is 2.27. The van der Waals surface area contributed by atoms with Crippen LogP contribution < -0.4 is 5.32 Å². The summed E-state index contributed by atoms with van der Waals surface area (Å²) in [4.78, 5) is 10.1. The molecule has 0 rings (SSSR count). The topological polar surface area (TPSA) is 29.1 Å². The Bertz CT molecular complexity index is 69.3. The summed E-state index contributed by atoms with van der Waals surface area (Å²) in [5.74, 6) is 0.472. The normalized spacial score (nSPS) is 8.22. The van der Waals surface area contributed by atoms with E-state index in [1.807, 2.05) is 27.9 Å². The number of nitrogens with one attached hydrogen (secondary N) is 1. The van der Waals surface area contributed by atoms with Gasteiger partial charge in [-0.15, -0.1) is 0 Å². The second-order valence-electron chi connectivity index (χ2n) is 2.27. The van der Waals surface area contributed by atoms with E-state index in [2.05, 4.69) is 5.32 Å². The molecular weight excluding hydrogens is 114 g/mol. The van der Waals surface area contributed by atoms with Crippen LogP contribution in [0.5, 0.6) is 0 Å². The van der Waals surface area contributed by atoms with Gasteiger partial charge in [0.25, 0.3) is 0 Å². The summed E-state index contributed by atoms with van der Waals surface area (Å²) in [6.07, 6.45) is 0. The molecule has 0 saturated heterocycles. The summed E-state index contributed by atoms with van der Waals surface area (Å²) in [6.45, 7) is 5.38. The van der Waals surface area contributed by atoms with Crippen molar-refractivity contribution in [1.82, 2.24) is 5.32 Å². The van der Waals surface area contributed by atoms with E-state index >= 15 is 0 Å². The van der Waals surface area contributed by atoms with Crippen molar-refractivity contribution in [2.75, 3.05) is 14.1 Å². The fraction of sp³-hybridized carbons (Fsp3) is 0.857. The number of hydrogen-bond acceptors (Lipinski definition) is 2. The lowest BCUT2D eigenvalue weighted by Gasteiger charge is -1.90. The molecule has 0 aromatic rings. The van der Waals surface area contributed by atoms with E-state index in [-0.39, 0.29) is 11.7 Å². The number of hydrogen-bond donors (Lipinski definition) is 1. The maximum atomic E-state index is 10.1. The minimum atomic E-state index is 0.213. The number of ketones is 1. The SMILES string of the molecule is CC(=O)C(C)C.CNC. The van der Waals surface area contributed by atoms with Crippen LogP contribution in [0.25, 0.3) is 0 Å². The largest absolute Gasteiger partial charge is 0.323 e. The third-order valence-corrected chi connectivity index (χ3v) is 0.813. The van der Waals surface area contributed by atoms with E-state index in [1.165, 1.54) is 0 Å². The maximum absolute atomic E-state index is 10.1. The first-order chi connectivity index (χ1) is 4.06. The molecule has 0 aliphatic rings. The van der Waals surface area contributed by atoms with Crippen molar-refractivity contribution in [3.63, 3.8) is 0 Å². The van der Waals surface area contributed by atoms with Crippen molar-refractivity contribution < 1.29 is 4.79 Å². The Morgan fingerprint density at radius 2 is 1.44 bits per heavy atom. The fourth-order valence-corrected chi connectivity index (χ4v) is 0. The lowest BCUT2D eigenvalue weighted by molar-refractivity contribution is -0.119. The van der Waals surface area contributed by atoms with Crippen LogP contribution in [-0.4, -0.2) is 19.9 Å². The van der Waals surface area contributed by atoms with Crippen molar-refractivity contribution >= 4 is 5.78 Å². The van der Waals surface area contributed by atoms with E-state index < -0.39 is 0 Å². The average molecular weight is 131 g/mol. The highest BCUT2D eigenvalue weighted by Crippen LogP contribution is 1.89. The summed E-state index contributed by atoms with van der Waals surface area (Å²) in [7, 11) is 3.75. The van der Waals surface area contributed by atoms with E-state index in [0.29, 0.717) is 0 Å². The van der Waals surface area contributed by atoms with Crippen LogP contribution in [0.1, 0.15) is 20.8 Å². The summed E-state index contributed by atoms with van der Waals surface area (Å²) >= 11 is 0. The predicted molar refractivity (Wildman–Crippen MR) is 40.5 cm³/mol. The average Bonchev–Trinajstić information content (AvgIpc) is 1.68. The van der Waals surface area contributed by atoms with Crippen LogP contribution in [0.3, 0.4) is 0 Å². The molecule has 0 heterocycles. The zero-order valence-electron chi connectivity index (χ0n) is 6.99. The predicted octanol–water partition coefficient (Wildman–Crippen LogP) is 1.07. The minimum absolute atomic E-state index is 0.213. The monoisotopic (exact) mass is 131 g/mol. The Morgan fingerprint density at radius 1 is 1.33 bits per heavy atom. The summed E-state index contributed by atoms with van der Waals surface area (Å²) in [6, 6.07) is 0. The first kappa shape index (κ1) is 11.4. The molecule has 0 fully saturated rings. The quantitative estimate of drug-likeness (QED) is 0.576. The molecule has 0 amide bonds. The Morgan fingerprint density at radius 3 is 1.44 bits per heavy atom. The summed E-state index contributed by atoms with van der Waals surface area (Å²) < 4.78 is 0. The molecule has 0 aromatic heterocycles. The standard InChI is InChI=1S/C5H10O.C2H7N/c1-4(2)5(3)6;1-3-2/h4H,1-3H3;3H,1-2H3. The Kier molecular flexibility index (Phi) is 9.69. The number of carbonyl (C=O) groups is 1. The Labute approximate surface area is 57.6 Å². The number of carbonyl (C=O) groups excluding carboxylic acids is 1. The van der Waals surface area contributed by atoms with Crippen LogP contribution in [0.2, 0.25) is 0 Å². The van der Waals surface area contributed by atoms with Crippen LogP contribution in [0.4, 0.5) is 0 Å². The van der Waals surface area contributed by atoms with E-state index in [4.69, 9.17) is 0 Å². The van der Waals surface area contributed by atoms with Gasteiger partial charge in [0.1, 0.15) is 5.78 Å². The molecule has 2 nitrogen and oxygen atoms in total. The molecule has 0 bridgehead atoms. The molecule has 0 radical (unpaired) electrons. The first-order valence-electron chi connectivity index (χ1n) is 3.15. The summed E-state index contributed by atoms with van der Waals surface area (Å²) in [5.41, 5.74) is 0. The van der Waals surface area contributed by atoms with Crippen molar-refractivity contribution in [2.24, 2.45) is 5.92 Å². The van der Waals surface area contributed by atoms with Crippen molar-refractivity contribution in [3.8, 4) is 0 Å². The molecular formula is C7H17NO. The van der Waals surface area contributed by atoms with Gasteiger partial charge in [0.15, 0.2) is 0 Å². The molecule has 9 heavy (non-hydrogen) atoms. The lowest BCUT2D eigenvalue weighted by Crippen LogP contribution is -1.98. The zero-order valence-corrected chi connectivity index (χ0v) is 6.99. The third-order valence-electron chi connectivity index (χ3n) is 0.813. The molecule has 0 aliphatic carbocycles. The molecule has 0 aromatic carbocycles. The van der Waals surface area contributed by atoms with Gasteiger partial charge in [0.05, 0.1) is 0 Å². The Hall–Kier alpha value is -0.370. The van der Waals surface area contributed by atoms with Gasteiger partial charge in [-0.1, -0.05) is 13.8 Å². The van der Waals surface area contributed by atoms with Crippen LogP contribution in [0, 0.1) is 5.92 Å². The van der Waals surface area contributed by atoms with Gasteiger partial charge in [0, 0.05) is 5.92 Å². The molecule has 2 heteroatoms. The molecule has 0 spiro atoms. The number of rotatable bonds is 1. The molecule has 0 unspecified atom stereocenters. The van der Waals surface area contributed by atoms with Crippen molar-refractivity contribution in [3.05, 3.63) is 0 Å². The highest BCUT2D eigenvalue weighted by atomic mass is 16.1. The van der Waals surface area contributed by atoms with E-state index in [1.54, 1.807) is 6.92 Å². The third kappa shape index (κ3) is 18.4. The minimum Gasteiger partial charge on any atom is -0.323 e. The van der Waals surface area contributed by atoms with Gasteiger partial charge in [-0.3, -0.25) is 4.79 Å². The molecule has 0 aliphatic heterocycles. The van der Waals surface area contributed by atoms with Crippen LogP contribution in [-0.2, 0) is 4.79 Å². The van der Waals surface area contributed by atoms with Gasteiger partial charge in [-0.05, 0) is 21.0 Å². The van der Waals surface area contributed by atoms with Crippen molar-refractivity contribution in [2.45, 2.75) is 20.8 Å². The molecule has 56 valence electrons. The second kappa shape index (κ2) is 7.63.